The maximum absolute atomic E-state index is 13.5. The minimum Gasteiger partial charge on any atom is -0.397 e. The van der Waals surface area contributed by atoms with Gasteiger partial charge in [0, 0.05) is 23.5 Å². The lowest BCUT2D eigenvalue weighted by Crippen LogP contribution is -2.20. The number of nitrogens with zero attached hydrogens (tertiary/aromatic N) is 3. The predicted octanol–water partition coefficient (Wildman–Crippen LogP) is 2.33. The van der Waals surface area contributed by atoms with Gasteiger partial charge in [0.25, 0.3) is 0 Å². The molecule has 5 nitrogen and oxygen atoms in total. The van der Waals surface area contributed by atoms with E-state index < -0.39 is 0 Å². The van der Waals surface area contributed by atoms with E-state index in [-0.39, 0.29) is 11.9 Å². The molecule has 0 amide bonds. The third-order valence-electron chi connectivity index (χ3n) is 3.93. The van der Waals surface area contributed by atoms with Crippen molar-refractivity contribution in [2.24, 2.45) is 0 Å². The minimum absolute atomic E-state index is 0.172. The normalized spacial score (nSPS) is 16.7. The van der Waals surface area contributed by atoms with E-state index in [9.17, 15) is 4.39 Å². The van der Waals surface area contributed by atoms with Crippen molar-refractivity contribution in [2.75, 3.05) is 11.1 Å². The summed E-state index contributed by atoms with van der Waals surface area (Å²) in [4.78, 5) is 12.8. The average molecular weight is 295 g/mol. The summed E-state index contributed by atoms with van der Waals surface area (Å²) in [5.74, 6) is 0.352. The molecule has 3 aromatic rings. The van der Waals surface area contributed by atoms with Gasteiger partial charge in [-0.3, -0.25) is 4.98 Å². The Morgan fingerprint density at radius 1 is 1.14 bits per heavy atom. The summed E-state index contributed by atoms with van der Waals surface area (Å²) in [7, 11) is 0. The second-order valence-electron chi connectivity index (χ2n) is 5.51. The summed E-state index contributed by atoms with van der Waals surface area (Å²) in [5, 5.41) is 4.06. The molecule has 1 aliphatic rings. The van der Waals surface area contributed by atoms with Crippen LogP contribution in [0.25, 0.3) is 10.9 Å². The van der Waals surface area contributed by atoms with E-state index in [1.54, 1.807) is 12.3 Å². The summed E-state index contributed by atoms with van der Waals surface area (Å²) < 4.78 is 13.5. The highest BCUT2D eigenvalue weighted by molar-refractivity contribution is 5.88. The molecule has 1 aromatic carbocycles. The highest BCUT2D eigenvalue weighted by Gasteiger charge is 2.23. The Hall–Kier alpha value is -2.76. The van der Waals surface area contributed by atoms with Crippen LogP contribution in [-0.4, -0.2) is 21.0 Å². The van der Waals surface area contributed by atoms with Crippen LogP contribution in [0.1, 0.15) is 11.3 Å². The topological polar surface area (TPSA) is 76.7 Å². The van der Waals surface area contributed by atoms with Crippen molar-refractivity contribution in [3.8, 4) is 0 Å². The van der Waals surface area contributed by atoms with Gasteiger partial charge in [-0.25, -0.2) is 14.4 Å². The van der Waals surface area contributed by atoms with Crippen molar-refractivity contribution < 1.29 is 4.39 Å². The van der Waals surface area contributed by atoms with Gasteiger partial charge in [-0.05, 0) is 36.2 Å². The van der Waals surface area contributed by atoms with Crippen LogP contribution in [-0.2, 0) is 12.8 Å². The zero-order valence-electron chi connectivity index (χ0n) is 11.8. The van der Waals surface area contributed by atoms with Gasteiger partial charge in [-0.15, -0.1) is 0 Å². The SMILES string of the molecule is Nc1cnc2c(c1)CC(Nc1ncnc3ccc(F)cc13)C2. The maximum Gasteiger partial charge on any atom is 0.137 e. The first kappa shape index (κ1) is 12.9. The number of nitrogens with two attached hydrogens (primary N) is 1. The van der Waals surface area contributed by atoms with Crippen LogP contribution in [0.15, 0.2) is 36.8 Å². The van der Waals surface area contributed by atoms with Gasteiger partial charge in [0.05, 0.1) is 17.4 Å². The van der Waals surface area contributed by atoms with Gasteiger partial charge in [0.2, 0.25) is 0 Å². The highest BCUT2D eigenvalue weighted by Crippen LogP contribution is 2.26. The van der Waals surface area contributed by atoms with E-state index in [0.29, 0.717) is 16.9 Å². The Kier molecular flexibility index (Phi) is 2.89. The van der Waals surface area contributed by atoms with Crippen molar-refractivity contribution in [2.45, 2.75) is 18.9 Å². The number of nitrogen functional groups attached to an aromatic ring is 1. The van der Waals surface area contributed by atoms with Crippen molar-refractivity contribution in [1.29, 1.82) is 0 Å². The molecule has 110 valence electrons. The van der Waals surface area contributed by atoms with Crippen LogP contribution in [0.5, 0.6) is 0 Å². The van der Waals surface area contributed by atoms with E-state index in [0.717, 1.165) is 29.6 Å². The summed E-state index contributed by atoms with van der Waals surface area (Å²) >= 11 is 0. The Morgan fingerprint density at radius 2 is 2.05 bits per heavy atom. The smallest absolute Gasteiger partial charge is 0.137 e. The molecule has 3 N–H and O–H groups in total. The van der Waals surface area contributed by atoms with Crippen LogP contribution < -0.4 is 11.1 Å². The van der Waals surface area contributed by atoms with Crippen LogP contribution >= 0.6 is 0 Å². The van der Waals surface area contributed by atoms with Crippen molar-refractivity contribution in [3.63, 3.8) is 0 Å². The standard InChI is InChI=1S/C16H14FN5/c17-10-1-2-14-13(5-10)16(21-8-20-14)22-12-4-9-3-11(18)7-19-15(9)6-12/h1-3,5,7-8,12H,4,6,18H2,(H,20,21,22). The average Bonchev–Trinajstić information content (AvgIpc) is 2.89. The van der Waals surface area contributed by atoms with E-state index in [1.807, 2.05) is 6.07 Å². The van der Waals surface area contributed by atoms with Gasteiger partial charge < -0.3 is 11.1 Å². The zero-order valence-corrected chi connectivity index (χ0v) is 11.8. The molecule has 1 unspecified atom stereocenters. The second kappa shape index (κ2) is 4.91. The first-order valence-corrected chi connectivity index (χ1v) is 7.09. The predicted molar refractivity (Wildman–Crippen MR) is 83.0 cm³/mol. The third-order valence-corrected chi connectivity index (χ3v) is 3.93. The number of pyridine rings is 1. The van der Waals surface area contributed by atoms with Gasteiger partial charge in [0.15, 0.2) is 0 Å². The lowest BCUT2D eigenvalue weighted by molar-refractivity contribution is 0.629. The van der Waals surface area contributed by atoms with E-state index in [2.05, 4.69) is 20.3 Å². The maximum atomic E-state index is 13.5. The highest BCUT2D eigenvalue weighted by atomic mass is 19.1. The molecule has 0 saturated heterocycles. The number of hydrogen-bond acceptors (Lipinski definition) is 5. The first-order valence-electron chi connectivity index (χ1n) is 7.09. The molecule has 6 heteroatoms. The Bertz CT molecular complexity index is 864. The number of rotatable bonds is 2. The van der Waals surface area contributed by atoms with Crippen molar-refractivity contribution in [1.82, 2.24) is 15.0 Å². The van der Waals surface area contributed by atoms with Gasteiger partial charge >= 0.3 is 0 Å². The number of benzene rings is 1. The number of nitrogens with one attached hydrogen (secondary N) is 1. The summed E-state index contributed by atoms with van der Waals surface area (Å²) in [6, 6.07) is 6.64. The quantitative estimate of drug-likeness (QED) is 0.758. The molecule has 22 heavy (non-hydrogen) atoms. The number of halogens is 1. The number of anilines is 2. The molecule has 0 bridgehead atoms. The Balaban J connectivity index is 1.64. The molecular formula is C16H14FN5. The number of fused-ring (bicyclic) bond motifs is 2. The first-order chi connectivity index (χ1) is 10.7. The third kappa shape index (κ3) is 2.22. The molecule has 0 aliphatic heterocycles. The van der Waals surface area contributed by atoms with Crippen LogP contribution in [0.3, 0.4) is 0 Å². The largest absolute Gasteiger partial charge is 0.397 e. The molecule has 0 fully saturated rings. The van der Waals surface area contributed by atoms with Crippen LogP contribution in [0.2, 0.25) is 0 Å². The minimum atomic E-state index is -0.297. The van der Waals surface area contributed by atoms with Crippen molar-refractivity contribution >= 4 is 22.4 Å². The van der Waals surface area contributed by atoms with E-state index in [1.165, 1.54) is 18.5 Å². The van der Waals surface area contributed by atoms with Gasteiger partial charge in [-0.1, -0.05) is 0 Å². The molecule has 0 radical (unpaired) electrons. The fraction of sp³-hybridized carbons (Fsp3) is 0.188. The zero-order chi connectivity index (χ0) is 15.1. The Morgan fingerprint density at radius 3 is 2.95 bits per heavy atom. The molecule has 1 atom stereocenters. The van der Waals surface area contributed by atoms with Crippen LogP contribution in [0, 0.1) is 5.82 Å². The van der Waals surface area contributed by atoms with Gasteiger partial charge in [-0.2, -0.15) is 0 Å². The molecule has 2 aromatic heterocycles. The summed E-state index contributed by atoms with van der Waals surface area (Å²) in [5.41, 5.74) is 9.38. The molecule has 4 rings (SSSR count). The lowest BCUT2D eigenvalue weighted by atomic mass is 10.2. The molecule has 1 aliphatic carbocycles. The number of hydrogen-bond donors (Lipinski definition) is 2. The molecule has 0 spiro atoms. The fourth-order valence-corrected chi connectivity index (χ4v) is 2.93. The summed E-state index contributed by atoms with van der Waals surface area (Å²) in [6.45, 7) is 0. The molecule has 0 saturated carbocycles. The van der Waals surface area contributed by atoms with Crippen LogP contribution in [0.4, 0.5) is 15.9 Å². The van der Waals surface area contributed by atoms with Crippen molar-refractivity contribution in [3.05, 3.63) is 53.9 Å². The van der Waals surface area contributed by atoms with E-state index >= 15 is 0 Å². The molecule has 2 heterocycles. The van der Waals surface area contributed by atoms with E-state index in [4.69, 9.17) is 5.73 Å². The molecular weight excluding hydrogens is 281 g/mol. The second-order valence-corrected chi connectivity index (χ2v) is 5.51. The lowest BCUT2D eigenvalue weighted by Gasteiger charge is -2.14. The Labute approximate surface area is 126 Å². The summed E-state index contributed by atoms with van der Waals surface area (Å²) in [6.07, 6.45) is 4.79. The monoisotopic (exact) mass is 295 g/mol. The fourth-order valence-electron chi connectivity index (χ4n) is 2.93. The number of aromatic nitrogens is 3. The van der Waals surface area contributed by atoms with Gasteiger partial charge in [0.1, 0.15) is 18.0 Å².